The number of halogens is 3. The largest absolute Gasteiger partial charge is 0.461 e. The van der Waals surface area contributed by atoms with Crippen LogP contribution in [0.2, 0.25) is 0 Å². The first-order chi connectivity index (χ1) is 12.7. The van der Waals surface area contributed by atoms with Crippen LogP contribution in [0.5, 0.6) is 0 Å². The number of anilines is 1. The molecule has 0 fully saturated rings. The van der Waals surface area contributed by atoms with Crippen molar-refractivity contribution >= 4 is 11.8 Å². The van der Waals surface area contributed by atoms with E-state index < -0.39 is 24.2 Å². The molecule has 0 bridgehead atoms. The number of fused-ring (bicyclic) bond motifs is 1. The number of nitrogens with zero attached hydrogens (tertiary/aromatic N) is 2. The molecule has 5 nitrogen and oxygen atoms in total. The molecule has 1 N–H and O–H groups in total. The maximum atomic E-state index is 13.6. The lowest BCUT2D eigenvalue weighted by atomic mass is 9.94. The summed E-state index contributed by atoms with van der Waals surface area (Å²) in [7, 11) is 0. The topological polar surface area (TPSA) is 56.2 Å². The molecule has 1 aliphatic heterocycles. The van der Waals surface area contributed by atoms with E-state index in [0.29, 0.717) is 5.92 Å². The fraction of sp³-hybridized carbons (Fsp3) is 0.474. The first-order valence-corrected chi connectivity index (χ1v) is 8.90. The van der Waals surface area contributed by atoms with Crippen molar-refractivity contribution in [1.82, 2.24) is 9.78 Å². The van der Waals surface area contributed by atoms with Gasteiger partial charge < -0.3 is 10.1 Å². The lowest BCUT2D eigenvalue weighted by molar-refractivity contribution is -0.173. The Labute approximate surface area is 155 Å². The van der Waals surface area contributed by atoms with Crippen molar-refractivity contribution in [2.45, 2.75) is 51.4 Å². The molecular weight excluding hydrogens is 359 g/mol. The van der Waals surface area contributed by atoms with Gasteiger partial charge in [0, 0.05) is 12.5 Å². The number of hydrogen-bond donors (Lipinski definition) is 1. The number of ether oxygens (including phenoxy) is 1. The maximum Gasteiger partial charge on any atom is 0.410 e. The molecule has 8 heteroatoms. The summed E-state index contributed by atoms with van der Waals surface area (Å²) in [6.45, 7) is 5.87. The van der Waals surface area contributed by atoms with Crippen LogP contribution in [0.15, 0.2) is 30.3 Å². The SMILES string of the molecule is CCOC(=O)c1cc2n(n1)[C@H](C(F)(F)F)C[C@@H](c1ccc(C(C)C)cc1)N2. The average Bonchev–Trinajstić information content (AvgIpc) is 3.04. The zero-order valence-electron chi connectivity index (χ0n) is 15.4. The van der Waals surface area contributed by atoms with Gasteiger partial charge in [0.25, 0.3) is 0 Å². The highest BCUT2D eigenvalue weighted by Crippen LogP contribution is 2.43. The van der Waals surface area contributed by atoms with E-state index in [1.165, 1.54) is 6.07 Å². The van der Waals surface area contributed by atoms with Crippen LogP contribution in [0, 0.1) is 0 Å². The van der Waals surface area contributed by atoms with Gasteiger partial charge in [0.15, 0.2) is 11.7 Å². The standard InChI is InChI=1S/C19H22F3N3O2/c1-4-27-18(26)15-10-17-23-14(9-16(19(20,21)22)25(17)24-15)13-7-5-12(6-8-13)11(2)3/h5-8,10-11,14,16,23H,4,9H2,1-3H3/t14-,16-/m0/s1. The Bertz CT molecular complexity index is 813. The Balaban J connectivity index is 1.94. The van der Waals surface area contributed by atoms with Gasteiger partial charge in [-0.3, -0.25) is 0 Å². The van der Waals surface area contributed by atoms with Crippen LogP contribution in [0.4, 0.5) is 19.0 Å². The second-order valence-corrected chi connectivity index (χ2v) is 6.89. The second kappa shape index (κ2) is 7.25. The molecule has 0 saturated carbocycles. The van der Waals surface area contributed by atoms with E-state index in [1.54, 1.807) is 6.92 Å². The third-order valence-electron chi connectivity index (χ3n) is 4.68. The Morgan fingerprint density at radius 3 is 2.56 bits per heavy atom. The van der Waals surface area contributed by atoms with Crippen LogP contribution in [0.25, 0.3) is 0 Å². The molecule has 2 aromatic rings. The summed E-state index contributed by atoms with van der Waals surface area (Å²) in [5.74, 6) is -0.237. The Morgan fingerprint density at radius 2 is 2.00 bits per heavy atom. The zero-order valence-corrected chi connectivity index (χ0v) is 15.4. The van der Waals surface area contributed by atoms with Gasteiger partial charge in [-0.1, -0.05) is 38.1 Å². The third kappa shape index (κ3) is 3.94. The monoisotopic (exact) mass is 381 g/mol. The van der Waals surface area contributed by atoms with E-state index in [2.05, 4.69) is 24.3 Å². The average molecular weight is 381 g/mol. The number of alkyl halides is 3. The predicted octanol–water partition coefficient (Wildman–Crippen LogP) is 4.84. The minimum Gasteiger partial charge on any atom is -0.461 e. The minimum atomic E-state index is -4.48. The quantitative estimate of drug-likeness (QED) is 0.770. The van der Waals surface area contributed by atoms with Crippen molar-refractivity contribution in [1.29, 1.82) is 0 Å². The molecule has 0 spiro atoms. The molecule has 2 heterocycles. The van der Waals surface area contributed by atoms with Gasteiger partial charge in [-0.2, -0.15) is 18.3 Å². The van der Waals surface area contributed by atoms with Crippen LogP contribution in [0.3, 0.4) is 0 Å². The van der Waals surface area contributed by atoms with Gasteiger partial charge in [0.05, 0.1) is 12.6 Å². The van der Waals surface area contributed by atoms with Crippen molar-refractivity contribution < 1.29 is 22.7 Å². The second-order valence-electron chi connectivity index (χ2n) is 6.89. The van der Waals surface area contributed by atoms with Gasteiger partial charge >= 0.3 is 12.1 Å². The molecule has 3 rings (SSSR count). The van der Waals surface area contributed by atoms with Crippen LogP contribution in [-0.2, 0) is 4.74 Å². The number of esters is 1. The van der Waals surface area contributed by atoms with Gasteiger partial charge in [-0.15, -0.1) is 0 Å². The summed E-state index contributed by atoms with van der Waals surface area (Å²) in [6.07, 6.45) is -4.69. The highest BCUT2D eigenvalue weighted by Gasteiger charge is 2.46. The van der Waals surface area contributed by atoms with Crippen molar-refractivity contribution in [3.05, 3.63) is 47.2 Å². The van der Waals surface area contributed by atoms with E-state index in [1.807, 2.05) is 24.3 Å². The number of benzene rings is 1. The van der Waals surface area contributed by atoms with Crippen molar-refractivity contribution in [3.63, 3.8) is 0 Å². The molecule has 0 aliphatic carbocycles. The highest BCUT2D eigenvalue weighted by molar-refractivity contribution is 5.88. The smallest absolute Gasteiger partial charge is 0.410 e. The molecule has 0 amide bonds. The van der Waals surface area contributed by atoms with Crippen LogP contribution < -0.4 is 5.32 Å². The van der Waals surface area contributed by atoms with Gasteiger partial charge in [-0.05, 0) is 24.0 Å². The van der Waals surface area contributed by atoms with Crippen LogP contribution in [0.1, 0.15) is 66.8 Å². The number of nitrogens with one attached hydrogen (secondary N) is 1. The van der Waals surface area contributed by atoms with Crippen LogP contribution in [-0.4, -0.2) is 28.5 Å². The number of rotatable bonds is 4. The molecule has 27 heavy (non-hydrogen) atoms. The van der Waals surface area contributed by atoms with E-state index in [-0.39, 0.29) is 24.5 Å². The maximum absolute atomic E-state index is 13.6. The fourth-order valence-electron chi connectivity index (χ4n) is 3.21. The lowest BCUT2D eigenvalue weighted by Gasteiger charge is -2.33. The molecule has 2 atom stereocenters. The fourth-order valence-corrected chi connectivity index (χ4v) is 3.21. The van der Waals surface area contributed by atoms with E-state index in [0.717, 1.165) is 15.8 Å². The summed E-state index contributed by atoms with van der Waals surface area (Å²) in [5.41, 5.74) is 1.75. The molecule has 1 aliphatic rings. The molecular formula is C19H22F3N3O2. The summed E-state index contributed by atoms with van der Waals surface area (Å²) < 4.78 is 46.6. The Hall–Kier alpha value is -2.51. The number of carbonyl (C=O) groups is 1. The van der Waals surface area contributed by atoms with Crippen molar-refractivity contribution in [2.24, 2.45) is 0 Å². The Morgan fingerprint density at radius 1 is 1.33 bits per heavy atom. The van der Waals surface area contributed by atoms with E-state index in [4.69, 9.17) is 4.74 Å². The summed E-state index contributed by atoms with van der Waals surface area (Å²) in [5, 5.41) is 6.92. The summed E-state index contributed by atoms with van der Waals surface area (Å²) >= 11 is 0. The molecule has 0 radical (unpaired) electrons. The van der Waals surface area contributed by atoms with Gasteiger partial charge in [0.1, 0.15) is 5.82 Å². The molecule has 0 saturated heterocycles. The summed E-state index contributed by atoms with van der Waals surface area (Å²) in [4.78, 5) is 11.9. The zero-order chi connectivity index (χ0) is 19.8. The third-order valence-corrected chi connectivity index (χ3v) is 4.68. The number of carbonyl (C=O) groups excluding carboxylic acids is 1. The first-order valence-electron chi connectivity index (χ1n) is 8.90. The van der Waals surface area contributed by atoms with Gasteiger partial charge in [-0.25, -0.2) is 9.48 Å². The molecule has 1 aromatic heterocycles. The number of hydrogen-bond acceptors (Lipinski definition) is 4. The van der Waals surface area contributed by atoms with Gasteiger partial charge in [0.2, 0.25) is 0 Å². The van der Waals surface area contributed by atoms with E-state index in [9.17, 15) is 18.0 Å². The highest BCUT2D eigenvalue weighted by atomic mass is 19.4. The lowest BCUT2D eigenvalue weighted by Crippen LogP contribution is -2.35. The normalized spacial score (nSPS) is 19.5. The van der Waals surface area contributed by atoms with Crippen LogP contribution >= 0.6 is 0 Å². The molecule has 146 valence electrons. The molecule has 0 unspecified atom stereocenters. The number of aromatic nitrogens is 2. The van der Waals surface area contributed by atoms with Crippen molar-refractivity contribution in [3.8, 4) is 0 Å². The summed E-state index contributed by atoms with van der Waals surface area (Å²) in [6, 6.07) is 6.52. The van der Waals surface area contributed by atoms with E-state index >= 15 is 0 Å². The minimum absolute atomic E-state index is 0.127. The predicted molar refractivity (Wildman–Crippen MR) is 94.8 cm³/mol. The molecule has 1 aromatic carbocycles. The van der Waals surface area contributed by atoms with Crippen molar-refractivity contribution in [2.75, 3.05) is 11.9 Å². The first kappa shape index (κ1) is 19.3. The Kier molecular flexibility index (Phi) is 5.17.